The van der Waals surface area contributed by atoms with E-state index in [0.717, 1.165) is 5.56 Å². The molecule has 0 unspecified atom stereocenters. The fourth-order valence-electron chi connectivity index (χ4n) is 2.99. The number of rotatable bonds is 7. The van der Waals surface area contributed by atoms with E-state index in [0.29, 0.717) is 34.5 Å². The fraction of sp³-hybridized carbons (Fsp3) is 0.143. The first-order chi connectivity index (χ1) is 14.5. The number of sulfonamides is 1. The van der Waals surface area contributed by atoms with E-state index < -0.39 is 10.0 Å². The molecule has 0 spiro atoms. The van der Waals surface area contributed by atoms with Crippen molar-refractivity contribution in [2.75, 3.05) is 11.8 Å². The molecule has 4 rings (SSSR count). The summed E-state index contributed by atoms with van der Waals surface area (Å²) in [5.74, 6) is 1.79. The van der Waals surface area contributed by atoms with Crippen molar-refractivity contribution < 1.29 is 22.1 Å². The van der Waals surface area contributed by atoms with Crippen molar-refractivity contribution in [1.82, 2.24) is 10.1 Å². The summed E-state index contributed by atoms with van der Waals surface area (Å²) in [7, 11) is -2.25. The summed E-state index contributed by atoms with van der Waals surface area (Å²) in [6.07, 6.45) is 1.78. The van der Waals surface area contributed by atoms with Crippen LogP contribution in [0, 0.1) is 6.92 Å². The number of ether oxygens (including phenoxy) is 1. The van der Waals surface area contributed by atoms with Gasteiger partial charge in [0.05, 0.1) is 30.4 Å². The van der Waals surface area contributed by atoms with Crippen LogP contribution < -0.4 is 9.46 Å². The van der Waals surface area contributed by atoms with Gasteiger partial charge in [-0.2, -0.15) is 4.98 Å². The normalized spacial score (nSPS) is 11.4. The van der Waals surface area contributed by atoms with Gasteiger partial charge in [0.25, 0.3) is 10.0 Å². The molecular weight excluding hydrogens is 406 g/mol. The molecule has 4 aromatic rings. The summed E-state index contributed by atoms with van der Waals surface area (Å²) in [5, 5.41) is 3.90. The number of nitrogens with one attached hydrogen (secondary N) is 1. The van der Waals surface area contributed by atoms with Crippen molar-refractivity contribution in [2.24, 2.45) is 0 Å². The molecule has 30 heavy (non-hydrogen) atoms. The summed E-state index contributed by atoms with van der Waals surface area (Å²) in [5.41, 5.74) is 1.86. The Bertz CT molecular complexity index is 1260. The lowest BCUT2D eigenvalue weighted by molar-refractivity contribution is 0.384. The summed E-state index contributed by atoms with van der Waals surface area (Å²) >= 11 is 0. The van der Waals surface area contributed by atoms with Crippen LogP contribution in [0.5, 0.6) is 5.75 Å². The Morgan fingerprint density at radius 1 is 1.10 bits per heavy atom. The predicted molar refractivity (Wildman–Crippen MR) is 110 cm³/mol. The summed E-state index contributed by atoms with van der Waals surface area (Å²) < 4.78 is 44.2. The first-order valence-electron chi connectivity index (χ1n) is 9.08. The van der Waals surface area contributed by atoms with Gasteiger partial charge in [-0.25, -0.2) is 8.42 Å². The van der Waals surface area contributed by atoms with Gasteiger partial charge in [0.15, 0.2) is 5.76 Å². The van der Waals surface area contributed by atoms with Gasteiger partial charge in [0.1, 0.15) is 5.75 Å². The minimum absolute atomic E-state index is 0.147. The van der Waals surface area contributed by atoms with Gasteiger partial charge >= 0.3 is 0 Å². The lowest BCUT2D eigenvalue weighted by atomic mass is 10.1. The first-order valence-corrected chi connectivity index (χ1v) is 10.6. The van der Waals surface area contributed by atoms with Gasteiger partial charge in [-0.3, -0.25) is 4.72 Å². The van der Waals surface area contributed by atoms with Crippen LogP contribution in [-0.2, 0) is 16.4 Å². The quantitative estimate of drug-likeness (QED) is 0.476. The fourth-order valence-corrected chi connectivity index (χ4v) is 4.18. The van der Waals surface area contributed by atoms with Crippen LogP contribution >= 0.6 is 0 Å². The molecule has 0 saturated heterocycles. The number of anilines is 1. The summed E-state index contributed by atoms with van der Waals surface area (Å²) in [6, 6.07) is 15.2. The zero-order valence-electron chi connectivity index (χ0n) is 16.3. The second-order valence-corrected chi connectivity index (χ2v) is 8.24. The molecule has 8 nitrogen and oxygen atoms in total. The van der Waals surface area contributed by atoms with Gasteiger partial charge in [-0.1, -0.05) is 23.4 Å². The molecule has 0 aliphatic carbocycles. The summed E-state index contributed by atoms with van der Waals surface area (Å²) in [6.45, 7) is 1.79. The molecule has 1 N–H and O–H groups in total. The Hall–Kier alpha value is -3.59. The third kappa shape index (κ3) is 4.06. The van der Waals surface area contributed by atoms with E-state index in [2.05, 4.69) is 14.9 Å². The number of aryl methyl sites for hydroxylation is 1. The number of benzene rings is 2. The van der Waals surface area contributed by atoms with Gasteiger partial charge in [0, 0.05) is 0 Å². The first kappa shape index (κ1) is 19.7. The SMILES string of the molecule is COc1ccc(S(=O)(=O)Nc2ccccc2Cc2nc(-c3ccco3)no2)cc1C. The molecule has 154 valence electrons. The largest absolute Gasteiger partial charge is 0.496 e. The molecule has 0 saturated carbocycles. The molecule has 0 amide bonds. The number of furan rings is 1. The molecule has 0 aliphatic heterocycles. The zero-order valence-corrected chi connectivity index (χ0v) is 17.1. The Kier molecular flexibility index (Phi) is 5.28. The van der Waals surface area contributed by atoms with E-state index >= 15 is 0 Å². The van der Waals surface area contributed by atoms with Gasteiger partial charge in [0.2, 0.25) is 11.7 Å². The highest BCUT2D eigenvalue weighted by Crippen LogP contribution is 2.26. The lowest BCUT2D eigenvalue weighted by Gasteiger charge is -2.13. The summed E-state index contributed by atoms with van der Waals surface area (Å²) in [4.78, 5) is 4.46. The highest BCUT2D eigenvalue weighted by Gasteiger charge is 2.19. The van der Waals surface area contributed by atoms with Crippen LogP contribution in [0.3, 0.4) is 0 Å². The topological polar surface area (TPSA) is 107 Å². The smallest absolute Gasteiger partial charge is 0.261 e. The molecule has 0 atom stereocenters. The minimum atomic E-state index is -3.79. The second-order valence-electron chi connectivity index (χ2n) is 6.56. The van der Waals surface area contributed by atoms with E-state index in [4.69, 9.17) is 13.7 Å². The van der Waals surface area contributed by atoms with Crippen LogP contribution in [0.2, 0.25) is 0 Å². The van der Waals surface area contributed by atoms with E-state index in [-0.39, 0.29) is 11.3 Å². The van der Waals surface area contributed by atoms with E-state index in [9.17, 15) is 8.42 Å². The number of hydrogen-bond donors (Lipinski definition) is 1. The number of hydrogen-bond acceptors (Lipinski definition) is 7. The van der Waals surface area contributed by atoms with E-state index in [1.165, 1.54) is 12.3 Å². The third-order valence-electron chi connectivity index (χ3n) is 4.49. The molecular formula is C21H19N3O5S. The Morgan fingerprint density at radius 3 is 2.67 bits per heavy atom. The maximum atomic E-state index is 12.9. The van der Waals surface area contributed by atoms with Crippen molar-refractivity contribution in [3.63, 3.8) is 0 Å². The number of para-hydroxylation sites is 1. The number of nitrogens with zero attached hydrogens (tertiary/aromatic N) is 2. The average molecular weight is 425 g/mol. The molecule has 2 heterocycles. The molecule has 2 aromatic carbocycles. The predicted octanol–water partition coefficient (Wildman–Crippen LogP) is 4.04. The molecule has 0 radical (unpaired) electrons. The number of methoxy groups -OCH3 is 1. The standard InChI is InChI=1S/C21H19N3O5S/c1-14-12-16(9-10-18(14)27-2)30(25,26)24-17-7-4-3-6-15(17)13-20-22-21(23-29-20)19-8-5-11-28-19/h3-12,24H,13H2,1-2H3. The van der Waals surface area contributed by atoms with Crippen LogP contribution in [0.1, 0.15) is 17.0 Å². The van der Waals surface area contributed by atoms with Crippen LogP contribution in [0.25, 0.3) is 11.6 Å². The van der Waals surface area contributed by atoms with Crippen molar-refractivity contribution >= 4 is 15.7 Å². The molecule has 0 aliphatic rings. The zero-order chi connectivity index (χ0) is 21.1. The Morgan fingerprint density at radius 2 is 1.93 bits per heavy atom. The highest BCUT2D eigenvalue weighted by atomic mass is 32.2. The Balaban J connectivity index is 1.58. The highest BCUT2D eigenvalue weighted by molar-refractivity contribution is 7.92. The average Bonchev–Trinajstić information content (AvgIpc) is 3.41. The molecule has 9 heteroatoms. The minimum Gasteiger partial charge on any atom is -0.496 e. The molecule has 0 bridgehead atoms. The molecule has 0 fully saturated rings. The van der Waals surface area contributed by atoms with Gasteiger partial charge in [-0.15, -0.1) is 0 Å². The van der Waals surface area contributed by atoms with E-state index in [1.807, 2.05) is 6.07 Å². The van der Waals surface area contributed by atoms with Crippen molar-refractivity contribution in [2.45, 2.75) is 18.2 Å². The van der Waals surface area contributed by atoms with Crippen molar-refractivity contribution in [3.05, 3.63) is 77.9 Å². The second kappa shape index (κ2) is 8.03. The maximum absolute atomic E-state index is 12.9. The third-order valence-corrected chi connectivity index (χ3v) is 5.85. The van der Waals surface area contributed by atoms with Crippen LogP contribution in [-0.4, -0.2) is 25.7 Å². The number of aromatic nitrogens is 2. The van der Waals surface area contributed by atoms with Gasteiger partial charge < -0.3 is 13.7 Å². The van der Waals surface area contributed by atoms with Gasteiger partial charge in [-0.05, 0) is 54.4 Å². The van der Waals surface area contributed by atoms with Crippen molar-refractivity contribution in [3.8, 4) is 17.3 Å². The molecule has 2 aromatic heterocycles. The monoisotopic (exact) mass is 425 g/mol. The Labute approximate surface area is 173 Å². The van der Waals surface area contributed by atoms with Crippen molar-refractivity contribution in [1.29, 1.82) is 0 Å². The van der Waals surface area contributed by atoms with Crippen LogP contribution in [0.4, 0.5) is 5.69 Å². The van der Waals surface area contributed by atoms with Crippen LogP contribution in [0.15, 0.2) is 74.7 Å². The van der Waals surface area contributed by atoms with E-state index in [1.54, 1.807) is 56.5 Å². The maximum Gasteiger partial charge on any atom is 0.261 e. The lowest BCUT2D eigenvalue weighted by Crippen LogP contribution is -2.14.